The van der Waals surface area contributed by atoms with Gasteiger partial charge in [0.1, 0.15) is 0 Å². The standard InChI is InChI=1S/C16H31N3O/c1-5-12(3)16(17)14-11-18-9-7-15(14)19-13(6-2)8-10-20-4/h12-13,18H,5-11,17H2,1-4H3/b16-14-,19-15?. The first kappa shape index (κ1) is 17.2. The molecule has 0 aliphatic carbocycles. The van der Waals surface area contributed by atoms with E-state index in [0.29, 0.717) is 12.0 Å². The Hall–Kier alpha value is -0.870. The summed E-state index contributed by atoms with van der Waals surface area (Å²) in [7, 11) is 1.75. The predicted octanol–water partition coefficient (Wildman–Crippen LogP) is 2.49. The van der Waals surface area contributed by atoms with E-state index in [1.165, 1.54) is 11.3 Å². The first-order valence-corrected chi connectivity index (χ1v) is 7.89. The fraction of sp³-hybridized carbons (Fsp3) is 0.812. The number of piperidine rings is 1. The monoisotopic (exact) mass is 281 g/mol. The third-order valence-corrected chi connectivity index (χ3v) is 4.15. The molecule has 1 aliphatic rings. The molecule has 4 heteroatoms. The molecule has 0 bridgehead atoms. The lowest BCUT2D eigenvalue weighted by Crippen LogP contribution is -2.34. The van der Waals surface area contributed by atoms with Gasteiger partial charge >= 0.3 is 0 Å². The van der Waals surface area contributed by atoms with E-state index < -0.39 is 0 Å². The SMILES string of the molecule is CCC(CCOC)N=C1CCNC/C1=C(/N)C(C)CC. The fourth-order valence-corrected chi connectivity index (χ4v) is 2.44. The topological polar surface area (TPSA) is 59.6 Å². The number of methoxy groups -OCH3 is 1. The minimum Gasteiger partial charge on any atom is -0.402 e. The van der Waals surface area contributed by atoms with Crippen molar-refractivity contribution in [3.63, 3.8) is 0 Å². The molecular weight excluding hydrogens is 250 g/mol. The lowest BCUT2D eigenvalue weighted by atomic mass is 9.94. The van der Waals surface area contributed by atoms with Crippen molar-refractivity contribution >= 4 is 5.71 Å². The Morgan fingerprint density at radius 1 is 1.40 bits per heavy atom. The molecule has 2 atom stereocenters. The van der Waals surface area contributed by atoms with Crippen molar-refractivity contribution in [2.24, 2.45) is 16.6 Å². The lowest BCUT2D eigenvalue weighted by Gasteiger charge is -2.24. The van der Waals surface area contributed by atoms with E-state index >= 15 is 0 Å². The summed E-state index contributed by atoms with van der Waals surface area (Å²) in [4.78, 5) is 4.97. The van der Waals surface area contributed by atoms with Gasteiger partial charge in [0.25, 0.3) is 0 Å². The molecule has 0 aromatic carbocycles. The van der Waals surface area contributed by atoms with Crippen LogP contribution in [-0.4, -0.2) is 38.6 Å². The smallest absolute Gasteiger partial charge is 0.0522 e. The van der Waals surface area contributed by atoms with Gasteiger partial charge in [0.05, 0.1) is 6.04 Å². The molecule has 3 N–H and O–H groups in total. The van der Waals surface area contributed by atoms with Crippen LogP contribution >= 0.6 is 0 Å². The Kier molecular flexibility index (Phi) is 7.85. The highest BCUT2D eigenvalue weighted by molar-refractivity contribution is 6.02. The second kappa shape index (κ2) is 9.14. The fourth-order valence-electron chi connectivity index (χ4n) is 2.44. The van der Waals surface area contributed by atoms with E-state index in [1.807, 2.05) is 0 Å². The van der Waals surface area contributed by atoms with Gasteiger partial charge in [-0.05, 0) is 25.2 Å². The molecule has 2 unspecified atom stereocenters. The zero-order chi connectivity index (χ0) is 15.0. The number of nitrogens with zero attached hydrogens (tertiary/aromatic N) is 1. The van der Waals surface area contributed by atoms with Crippen LogP contribution in [0.2, 0.25) is 0 Å². The molecule has 0 aromatic rings. The van der Waals surface area contributed by atoms with Crippen LogP contribution in [-0.2, 0) is 4.74 Å². The summed E-state index contributed by atoms with van der Waals surface area (Å²) in [5.41, 5.74) is 9.81. The summed E-state index contributed by atoms with van der Waals surface area (Å²) in [6.45, 7) is 9.18. The summed E-state index contributed by atoms with van der Waals surface area (Å²) in [5, 5.41) is 3.42. The van der Waals surface area contributed by atoms with Gasteiger partial charge in [-0.25, -0.2) is 0 Å². The first-order chi connectivity index (χ1) is 9.63. The Morgan fingerprint density at radius 3 is 2.75 bits per heavy atom. The Labute approximate surface area is 123 Å². The van der Waals surface area contributed by atoms with Crippen LogP contribution in [0.5, 0.6) is 0 Å². The van der Waals surface area contributed by atoms with Crippen molar-refractivity contribution < 1.29 is 4.74 Å². The molecular formula is C16H31N3O. The van der Waals surface area contributed by atoms with Crippen molar-refractivity contribution in [3.8, 4) is 0 Å². The number of ether oxygens (including phenoxy) is 1. The van der Waals surface area contributed by atoms with Crippen LogP contribution in [0.25, 0.3) is 0 Å². The lowest BCUT2D eigenvalue weighted by molar-refractivity contribution is 0.187. The van der Waals surface area contributed by atoms with Gasteiger partial charge in [-0.3, -0.25) is 4.99 Å². The highest BCUT2D eigenvalue weighted by Gasteiger charge is 2.19. The quantitative estimate of drug-likeness (QED) is 0.754. The van der Waals surface area contributed by atoms with Gasteiger partial charge in [-0.15, -0.1) is 0 Å². The normalized spacial score (nSPS) is 23.7. The Bertz CT molecular complexity index is 350. The van der Waals surface area contributed by atoms with Crippen molar-refractivity contribution in [3.05, 3.63) is 11.3 Å². The third kappa shape index (κ3) is 4.91. The van der Waals surface area contributed by atoms with Crippen molar-refractivity contribution in [1.82, 2.24) is 5.32 Å². The van der Waals surface area contributed by atoms with Crippen LogP contribution in [0, 0.1) is 5.92 Å². The number of hydrogen-bond donors (Lipinski definition) is 2. The zero-order valence-electron chi connectivity index (χ0n) is 13.5. The molecule has 0 radical (unpaired) electrons. The predicted molar refractivity (Wildman–Crippen MR) is 86.2 cm³/mol. The average molecular weight is 281 g/mol. The second-order valence-corrected chi connectivity index (χ2v) is 5.59. The number of allylic oxidation sites excluding steroid dienone is 1. The third-order valence-electron chi connectivity index (χ3n) is 4.15. The van der Waals surface area contributed by atoms with Gasteiger partial charge in [0, 0.05) is 50.2 Å². The summed E-state index contributed by atoms with van der Waals surface area (Å²) >= 11 is 0. The maximum atomic E-state index is 6.34. The first-order valence-electron chi connectivity index (χ1n) is 7.89. The van der Waals surface area contributed by atoms with Crippen LogP contribution in [0.4, 0.5) is 0 Å². The second-order valence-electron chi connectivity index (χ2n) is 5.59. The minimum atomic E-state index is 0.350. The molecule has 116 valence electrons. The number of hydrogen-bond acceptors (Lipinski definition) is 4. The summed E-state index contributed by atoms with van der Waals surface area (Å²) in [6.07, 6.45) is 4.09. The molecule has 0 aromatic heterocycles. The molecule has 0 amide bonds. The van der Waals surface area contributed by atoms with Gasteiger partial charge in [-0.1, -0.05) is 20.8 Å². The highest BCUT2D eigenvalue weighted by Crippen LogP contribution is 2.19. The van der Waals surface area contributed by atoms with Crippen LogP contribution in [0.1, 0.15) is 46.5 Å². The molecule has 1 heterocycles. The van der Waals surface area contributed by atoms with E-state index in [1.54, 1.807) is 7.11 Å². The number of nitrogens with one attached hydrogen (secondary N) is 1. The van der Waals surface area contributed by atoms with Gasteiger partial charge in [0.15, 0.2) is 0 Å². The van der Waals surface area contributed by atoms with E-state index in [0.717, 1.165) is 51.1 Å². The Morgan fingerprint density at radius 2 is 2.15 bits per heavy atom. The van der Waals surface area contributed by atoms with E-state index in [2.05, 4.69) is 26.1 Å². The molecule has 1 fully saturated rings. The molecule has 1 saturated heterocycles. The van der Waals surface area contributed by atoms with Crippen LogP contribution < -0.4 is 11.1 Å². The van der Waals surface area contributed by atoms with Crippen molar-refractivity contribution in [2.75, 3.05) is 26.8 Å². The van der Waals surface area contributed by atoms with Crippen LogP contribution in [0.3, 0.4) is 0 Å². The van der Waals surface area contributed by atoms with Crippen molar-refractivity contribution in [2.45, 2.75) is 52.5 Å². The molecule has 0 saturated carbocycles. The van der Waals surface area contributed by atoms with Crippen LogP contribution in [0.15, 0.2) is 16.3 Å². The van der Waals surface area contributed by atoms with Gasteiger partial charge < -0.3 is 15.8 Å². The average Bonchev–Trinajstić information content (AvgIpc) is 2.50. The largest absolute Gasteiger partial charge is 0.402 e. The van der Waals surface area contributed by atoms with Gasteiger partial charge in [-0.2, -0.15) is 0 Å². The van der Waals surface area contributed by atoms with E-state index in [9.17, 15) is 0 Å². The number of aliphatic imine (C=N–C) groups is 1. The van der Waals surface area contributed by atoms with E-state index in [-0.39, 0.29) is 0 Å². The number of rotatable bonds is 7. The maximum Gasteiger partial charge on any atom is 0.0522 e. The zero-order valence-corrected chi connectivity index (χ0v) is 13.5. The number of nitrogens with two attached hydrogens (primary N) is 1. The van der Waals surface area contributed by atoms with E-state index in [4.69, 9.17) is 15.5 Å². The Balaban J connectivity index is 2.92. The summed E-state index contributed by atoms with van der Waals surface area (Å²) in [6, 6.07) is 0.350. The molecule has 1 rings (SSSR count). The maximum absolute atomic E-state index is 6.34. The highest BCUT2D eigenvalue weighted by atomic mass is 16.5. The molecule has 1 aliphatic heterocycles. The molecule has 20 heavy (non-hydrogen) atoms. The van der Waals surface area contributed by atoms with Crippen molar-refractivity contribution in [1.29, 1.82) is 0 Å². The minimum absolute atomic E-state index is 0.350. The summed E-state index contributed by atoms with van der Waals surface area (Å²) < 4.78 is 5.17. The van der Waals surface area contributed by atoms with Gasteiger partial charge in [0.2, 0.25) is 0 Å². The molecule has 0 spiro atoms. The molecule has 4 nitrogen and oxygen atoms in total. The summed E-state index contributed by atoms with van der Waals surface area (Å²) in [5.74, 6) is 0.425.